The van der Waals surface area contributed by atoms with Gasteiger partial charge in [0.15, 0.2) is 9.92 Å². The molecule has 1 aromatic carbocycles. The molecule has 11 heteroatoms. The number of urea groups is 1. The molecule has 0 aliphatic rings. The van der Waals surface area contributed by atoms with Gasteiger partial charge in [0.05, 0.1) is 0 Å². The third-order valence-electron chi connectivity index (χ3n) is 4.96. The van der Waals surface area contributed by atoms with Crippen LogP contribution in [0.5, 0.6) is 5.75 Å². The molecule has 0 aliphatic heterocycles. The lowest BCUT2D eigenvalue weighted by Crippen LogP contribution is -2.18. The smallest absolute Gasteiger partial charge is 0.387 e. The summed E-state index contributed by atoms with van der Waals surface area (Å²) in [5, 5.41) is 8.70. The molecule has 3 N–H and O–H groups in total. The summed E-state index contributed by atoms with van der Waals surface area (Å²) in [6.45, 7) is 12.5. The Morgan fingerprint density at radius 1 is 1.12 bits per heavy atom. The highest BCUT2D eigenvalue weighted by atomic mass is 32.2. The van der Waals surface area contributed by atoms with Crippen molar-refractivity contribution in [2.45, 2.75) is 83.5 Å². The summed E-state index contributed by atoms with van der Waals surface area (Å²) >= 11 is 1.28. The average Bonchev–Trinajstić information content (AvgIpc) is 3.04. The van der Waals surface area contributed by atoms with Crippen LogP contribution in [0.3, 0.4) is 0 Å². The zero-order valence-corrected chi connectivity index (χ0v) is 23.4. The molecular formula is C23H35F2N3O3S3. The van der Waals surface area contributed by atoms with Crippen LogP contribution in [-0.4, -0.2) is 16.9 Å². The topological polar surface area (TPSA) is 93.8 Å². The van der Waals surface area contributed by atoms with E-state index in [9.17, 15) is 17.8 Å². The Labute approximate surface area is 212 Å². The van der Waals surface area contributed by atoms with Crippen molar-refractivity contribution in [2.75, 3.05) is 5.32 Å². The first kappa shape index (κ1) is 30.3. The van der Waals surface area contributed by atoms with Gasteiger partial charge < -0.3 is 10.1 Å². The third kappa shape index (κ3) is 7.40. The maximum absolute atomic E-state index is 13.2. The van der Waals surface area contributed by atoms with Gasteiger partial charge in [-0.15, -0.1) is 15.7 Å². The number of rotatable bonds is 6. The normalized spacial score (nSPS) is 13.6. The number of anilines is 1. The zero-order valence-electron chi connectivity index (χ0n) is 20.8. The summed E-state index contributed by atoms with van der Waals surface area (Å²) < 4.78 is 47.5. The number of thiophene rings is 1. The van der Waals surface area contributed by atoms with Crippen molar-refractivity contribution in [1.29, 1.82) is 0 Å². The highest BCUT2D eigenvalue weighted by Gasteiger charge is 2.24. The molecule has 2 rings (SSSR count). The predicted octanol–water partition coefficient (Wildman–Crippen LogP) is 7.25. The van der Waals surface area contributed by atoms with Gasteiger partial charge in [-0.2, -0.15) is 22.3 Å². The number of carbonyl (C=O) groups excluding carboxylic acids is 1. The van der Waals surface area contributed by atoms with Gasteiger partial charge in [0, 0.05) is 10.6 Å². The molecule has 1 heterocycles. The fourth-order valence-electron chi connectivity index (χ4n) is 3.52. The first-order valence-electron chi connectivity index (χ1n) is 10.6. The lowest BCUT2D eigenvalue weighted by molar-refractivity contribution is -0.0499. The van der Waals surface area contributed by atoms with Crippen molar-refractivity contribution in [3.63, 3.8) is 0 Å². The summed E-state index contributed by atoms with van der Waals surface area (Å²) in [5.41, 5.74) is 2.42. The lowest BCUT2D eigenvalue weighted by Gasteiger charge is -2.21. The monoisotopic (exact) mass is 535 g/mol. The number of benzene rings is 1. The van der Waals surface area contributed by atoms with E-state index in [1.165, 1.54) is 23.5 Å². The third-order valence-corrected chi connectivity index (χ3v) is 8.51. The molecule has 0 saturated carbocycles. The molecule has 1 unspecified atom stereocenters. The van der Waals surface area contributed by atoms with E-state index in [0.717, 1.165) is 10.4 Å². The van der Waals surface area contributed by atoms with Crippen LogP contribution >= 0.6 is 24.8 Å². The molecule has 2 aromatic rings. The standard InChI is InChI=1S/C23H33F2N3O3S2.H2S/c1-12(2)16-10-15(31-21(24)25)11-17(13(3)4)19(16)27-22(29)28-33(26,30)18-9-14(5)20(32-18)23(6,7)8;/h9-13,21H,1-8H3,(H3,26,27,28,29,30);1H2. The van der Waals surface area contributed by atoms with Gasteiger partial charge in [-0.3, -0.25) is 0 Å². The second kappa shape index (κ2) is 11.4. The van der Waals surface area contributed by atoms with Crippen molar-refractivity contribution in [3.05, 3.63) is 39.8 Å². The molecule has 192 valence electrons. The predicted molar refractivity (Wildman–Crippen MR) is 141 cm³/mol. The summed E-state index contributed by atoms with van der Waals surface area (Å²) in [7, 11) is -3.47. The molecule has 1 atom stereocenters. The molecule has 0 aliphatic carbocycles. The molecule has 0 fully saturated rings. The number of carbonyl (C=O) groups is 1. The minimum absolute atomic E-state index is 0. The van der Waals surface area contributed by atoms with Gasteiger partial charge in [0.25, 0.3) is 0 Å². The maximum atomic E-state index is 13.2. The van der Waals surface area contributed by atoms with Gasteiger partial charge in [-0.1, -0.05) is 48.5 Å². The number of hydrogen-bond acceptors (Lipinski definition) is 4. The highest BCUT2D eigenvalue weighted by molar-refractivity contribution is 7.93. The number of aryl methyl sites for hydroxylation is 1. The van der Waals surface area contributed by atoms with Crippen LogP contribution < -0.4 is 15.2 Å². The molecule has 0 spiro atoms. The van der Waals surface area contributed by atoms with Crippen molar-refractivity contribution in [2.24, 2.45) is 9.50 Å². The second-order valence-electron chi connectivity index (χ2n) is 9.58. The van der Waals surface area contributed by atoms with Crippen molar-refractivity contribution >= 4 is 46.5 Å². The zero-order chi connectivity index (χ0) is 25.3. The lowest BCUT2D eigenvalue weighted by atomic mass is 9.92. The summed E-state index contributed by atoms with van der Waals surface area (Å²) in [5.74, 6) is -0.218. The molecule has 6 nitrogen and oxygen atoms in total. The maximum Gasteiger partial charge on any atom is 0.387 e. The highest BCUT2D eigenvalue weighted by Crippen LogP contribution is 2.38. The summed E-state index contributed by atoms with van der Waals surface area (Å²) in [6.07, 6.45) is 0. The van der Waals surface area contributed by atoms with Gasteiger partial charge in [0.1, 0.15) is 9.96 Å². The Balaban J connectivity index is 0.00000578. The molecule has 0 saturated heterocycles. The largest absolute Gasteiger partial charge is 0.435 e. The number of nitrogens with zero attached hydrogens (tertiary/aromatic N) is 1. The number of amides is 2. The van der Waals surface area contributed by atoms with Gasteiger partial charge >= 0.3 is 12.6 Å². The summed E-state index contributed by atoms with van der Waals surface area (Å²) in [4.78, 5) is 13.8. The van der Waals surface area contributed by atoms with Crippen LogP contribution in [-0.2, 0) is 15.3 Å². The minimum Gasteiger partial charge on any atom is -0.435 e. The van der Waals surface area contributed by atoms with Crippen molar-refractivity contribution in [1.82, 2.24) is 0 Å². The van der Waals surface area contributed by atoms with Crippen LogP contribution in [0.1, 0.15) is 81.9 Å². The molecule has 34 heavy (non-hydrogen) atoms. The fraction of sp³-hybridized carbons (Fsp3) is 0.522. The number of nitrogens with one attached hydrogen (secondary N) is 1. The Kier molecular flexibility index (Phi) is 10.1. The van der Waals surface area contributed by atoms with E-state index in [0.29, 0.717) is 21.0 Å². The average molecular weight is 536 g/mol. The van der Waals surface area contributed by atoms with Crippen LogP contribution in [0.15, 0.2) is 26.8 Å². The Morgan fingerprint density at radius 3 is 2.00 bits per heavy atom. The SMILES string of the molecule is Cc1cc(S(N)(=O)=NC(=O)Nc2c(C(C)C)cc(OC(F)F)cc2C(C)C)sc1C(C)(C)C.S. The van der Waals surface area contributed by atoms with E-state index in [-0.39, 0.29) is 36.5 Å². The molecule has 0 radical (unpaired) electrons. The van der Waals surface area contributed by atoms with E-state index in [1.807, 2.05) is 55.4 Å². The van der Waals surface area contributed by atoms with E-state index < -0.39 is 22.6 Å². The van der Waals surface area contributed by atoms with Crippen LogP contribution in [0.2, 0.25) is 0 Å². The number of halogens is 2. The quantitative estimate of drug-likeness (QED) is 0.408. The van der Waals surface area contributed by atoms with Crippen molar-refractivity contribution < 1.29 is 22.5 Å². The van der Waals surface area contributed by atoms with E-state index >= 15 is 0 Å². The Morgan fingerprint density at radius 2 is 1.62 bits per heavy atom. The van der Waals surface area contributed by atoms with Gasteiger partial charge in [-0.05, 0) is 59.1 Å². The van der Waals surface area contributed by atoms with E-state index in [2.05, 4.69) is 14.4 Å². The number of nitrogens with two attached hydrogens (primary N) is 1. The van der Waals surface area contributed by atoms with Crippen molar-refractivity contribution in [3.8, 4) is 5.75 Å². The minimum atomic E-state index is -3.47. The molecule has 2 amide bonds. The molecule has 0 bridgehead atoms. The van der Waals surface area contributed by atoms with E-state index in [4.69, 9.17) is 5.14 Å². The molecule has 1 aromatic heterocycles. The van der Waals surface area contributed by atoms with Crippen LogP contribution in [0.25, 0.3) is 0 Å². The number of alkyl halides is 2. The van der Waals surface area contributed by atoms with Gasteiger partial charge in [-0.25, -0.2) is 14.1 Å². The fourth-order valence-corrected chi connectivity index (χ4v) is 6.05. The van der Waals surface area contributed by atoms with Crippen LogP contribution in [0.4, 0.5) is 19.3 Å². The first-order valence-corrected chi connectivity index (χ1v) is 13.0. The molecular weight excluding hydrogens is 500 g/mol. The summed E-state index contributed by atoms with van der Waals surface area (Å²) in [6, 6.07) is 3.78. The van der Waals surface area contributed by atoms with Gasteiger partial charge in [0.2, 0.25) is 0 Å². The Hall–Kier alpha value is -1.69. The Bertz CT molecular complexity index is 1120. The second-order valence-corrected chi connectivity index (χ2v) is 12.7. The van der Waals surface area contributed by atoms with E-state index in [1.54, 1.807) is 6.07 Å². The number of hydrogen-bond donors (Lipinski definition) is 2. The first-order chi connectivity index (χ1) is 15.0. The van der Waals surface area contributed by atoms with Crippen LogP contribution in [0, 0.1) is 6.92 Å². The number of ether oxygens (including phenoxy) is 1.